The van der Waals surface area contributed by atoms with Gasteiger partial charge in [-0.15, -0.1) is 11.8 Å². The van der Waals surface area contributed by atoms with E-state index in [4.69, 9.17) is 14.4 Å². The molecule has 128 valence electrons. The molecule has 9 heteroatoms. The molecule has 1 aromatic heterocycles. The van der Waals surface area contributed by atoms with E-state index in [1.165, 1.54) is 30.0 Å². The second-order valence-electron chi connectivity index (χ2n) is 4.60. The number of para-hydroxylation sites is 1. The molecule has 0 saturated carbocycles. The Morgan fingerprint density at radius 3 is 2.92 bits per heavy atom. The van der Waals surface area contributed by atoms with Crippen molar-refractivity contribution in [3.8, 4) is 5.75 Å². The third-order valence-electron chi connectivity index (χ3n) is 2.76. The van der Waals surface area contributed by atoms with Crippen molar-refractivity contribution in [2.45, 2.75) is 6.61 Å². The fourth-order valence-corrected chi connectivity index (χ4v) is 2.25. The summed E-state index contributed by atoms with van der Waals surface area (Å²) < 4.78 is 23.6. The van der Waals surface area contributed by atoms with Gasteiger partial charge in [-0.2, -0.15) is 0 Å². The molecule has 2 rings (SSSR count). The third kappa shape index (κ3) is 5.58. The lowest BCUT2D eigenvalue weighted by atomic mass is 10.3. The lowest BCUT2D eigenvalue weighted by Gasteiger charge is -2.03. The number of carboxylic acid groups (broad SMARTS) is 1. The van der Waals surface area contributed by atoms with Gasteiger partial charge < -0.3 is 19.7 Å². The average Bonchev–Trinajstić information content (AvgIpc) is 3.02. The minimum atomic E-state index is -0.901. The zero-order valence-electron chi connectivity index (χ0n) is 12.5. The van der Waals surface area contributed by atoms with Crippen LogP contribution < -0.4 is 10.1 Å². The van der Waals surface area contributed by atoms with Crippen LogP contribution in [0.1, 0.15) is 16.2 Å². The normalized spacial score (nSPS) is 10.4. The van der Waals surface area contributed by atoms with E-state index in [1.54, 1.807) is 12.1 Å². The van der Waals surface area contributed by atoms with Crippen LogP contribution in [0, 0.1) is 5.82 Å². The van der Waals surface area contributed by atoms with Gasteiger partial charge in [-0.3, -0.25) is 9.59 Å². The number of carbonyl (C=O) groups is 2. The predicted molar refractivity (Wildman–Crippen MR) is 84.5 cm³/mol. The van der Waals surface area contributed by atoms with Crippen LogP contribution in [0.25, 0.3) is 0 Å². The largest absolute Gasteiger partial charge is 0.482 e. The molecule has 2 aromatic rings. The van der Waals surface area contributed by atoms with Gasteiger partial charge in [0.2, 0.25) is 0 Å². The number of halogens is 1. The number of nitrogens with zero attached hydrogens (tertiary/aromatic N) is 1. The minimum Gasteiger partial charge on any atom is -0.482 e. The number of hydrogen-bond donors (Lipinski definition) is 2. The number of amides is 1. The summed E-state index contributed by atoms with van der Waals surface area (Å²) in [4.78, 5) is 22.2. The van der Waals surface area contributed by atoms with Gasteiger partial charge >= 0.3 is 5.97 Å². The Morgan fingerprint density at radius 2 is 2.17 bits per heavy atom. The lowest BCUT2D eigenvalue weighted by molar-refractivity contribution is -0.133. The van der Waals surface area contributed by atoms with Gasteiger partial charge in [-0.05, 0) is 12.1 Å². The SMILES string of the molecule is O=C(O)CSCCNC(=O)c1cc(COc2ccccc2F)on1. The number of nitrogens with one attached hydrogen (secondary N) is 1. The maximum absolute atomic E-state index is 13.4. The van der Waals surface area contributed by atoms with Crippen molar-refractivity contribution >= 4 is 23.6 Å². The van der Waals surface area contributed by atoms with Gasteiger partial charge in [-0.25, -0.2) is 4.39 Å². The highest BCUT2D eigenvalue weighted by Gasteiger charge is 2.13. The molecule has 7 nitrogen and oxygen atoms in total. The molecule has 0 aliphatic heterocycles. The fourth-order valence-electron chi connectivity index (χ4n) is 1.69. The first kappa shape index (κ1) is 17.8. The number of benzene rings is 1. The van der Waals surface area contributed by atoms with Crippen LogP contribution in [0.2, 0.25) is 0 Å². The number of ether oxygens (including phenoxy) is 1. The van der Waals surface area contributed by atoms with Gasteiger partial charge in [0.25, 0.3) is 5.91 Å². The molecule has 0 saturated heterocycles. The summed E-state index contributed by atoms with van der Waals surface area (Å²) in [7, 11) is 0. The van der Waals surface area contributed by atoms with Crippen molar-refractivity contribution in [1.29, 1.82) is 0 Å². The van der Waals surface area contributed by atoms with Gasteiger partial charge in [-0.1, -0.05) is 17.3 Å². The maximum Gasteiger partial charge on any atom is 0.313 e. The summed E-state index contributed by atoms with van der Waals surface area (Å²) in [6, 6.07) is 7.35. The number of hydrogen-bond acceptors (Lipinski definition) is 6. The highest BCUT2D eigenvalue weighted by Crippen LogP contribution is 2.17. The van der Waals surface area contributed by atoms with Crippen molar-refractivity contribution in [3.63, 3.8) is 0 Å². The molecule has 0 fully saturated rings. The van der Waals surface area contributed by atoms with E-state index in [-0.39, 0.29) is 29.6 Å². The van der Waals surface area contributed by atoms with E-state index >= 15 is 0 Å². The van der Waals surface area contributed by atoms with Gasteiger partial charge in [0, 0.05) is 18.4 Å². The predicted octanol–water partition coefficient (Wildman–Crippen LogP) is 1.94. The number of aliphatic carboxylic acids is 1. The second-order valence-corrected chi connectivity index (χ2v) is 5.70. The van der Waals surface area contributed by atoms with E-state index in [2.05, 4.69) is 10.5 Å². The molecular formula is C15H15FN2O5S. The van der Waals surface area contributed by atoms with E-state index < -0.39 is 17.7 Å². The van der Waals surface area contributed by atoms with Crippen molar-refractivity contribution in [3.05, 3.63) is 47.6 Å². The minimum absolute atomic E-state index is 0.0165. The van der Waals surface area contributed by atoms with Crippen molar-refractivity contribution < 1.29 is 28.3 Å². The highest BCUT2D eigenvalue weighted by atomic mass is 32.2. The van der Waals surface area contributed by atoms with Gasteiger partial charge in [0.15, 0.2) is 23.0 Å². The van der Waals surface area contributed by atoms with Crippen LogP contribution in [-0.2, 0) is 11.4 Å². The average molecular weight is 354 g/mol. The molecule has 2 N–H and O–H groups in total. The first-order chi connectivity index (χ1) is 11.6. The summed E-state index contributed by atoms with van der Waals surface area (Å²) in [5.41, 5.74) is 0.0744. The second kappa shape index (κ2) is 8.92. The number of rotatable bonds is 9. The Bertz CT molecular complexity index is 707. The molecule has 1 heterocycles. The summed E-state index contributed by atoms with van der Waals surface area (Å²) in [5.74, 6) is -1.02. The lowest BCUT2D eigenvalue weighted by Crippen LogP contribution is -2.26. The quantitative estimate of drug-likeness (QED) is 0.664. The molecule has 0 aliphatic rings. The van der Waals surface area contributed by atoms with Crippen LogP contribution in [0.5, 0.6) is 5.75 Å². The maximum atomic E-state index is 13.4. The first-order valence-electron chi connectivity index (χ1n) is 6.97. The Hall–Kier alpha value is -2.55. The molecule has 0 aliphatic carbocycles. The molecule has 0 atom stereocenters. The topological polar surface area (TPSA) is 102 Å². The molecule has 0 spiro atoms. The van der Waals surface area contributed by atoms with E-state index in [1.807, 2.05) is 0 Å². The van der Waals surface area contributed by atoms with Gasteiger partial charge in [0.05, 0.1) is 5.75 Å². The van der Waals surface area contributed by atoms with E-state index in [0.29, 0.717) is 12.3 Å². The zero-order chi connectivity index (χ0) is 17.4. The zero-order valence-corrected chi connectivity index (χ0v) is 13.3. The van der Waals surface area contributed by atoms with Gasteiger partial charge in [0.1, 0.15) is 6.61 Å². The molecule has 0 radical (unpaired) electrons. The van der Waals surface area contributed by atoms with E-state index in [9.17, 15) is 14.0 Å². The van der Waals surface area contributed by atoms with E-state index in [0.717, 1.165) is 0 Å². The molecule has 1 amide bonds. The number of thioether (sulfide) groups is 1. The number of carboxylic acids is 1. The van der Waals surface area contributed by atoms with Crippen LogP contribution >= 0.6 is 11.8 Å². The third-order valence-corrected chi connectivity index (χ3v) is 3.70. The van der Waals surface area contributed by atoms with Crippen LogP contribution in [0.4, 0.5) is 4.39 Å². The number of aromatic nitrogens is 1. The Morgan fingerprint density at radius 1 is 1.38 bits per heavy atom. The standard InChI is InChI=1S/C15H15FN2O5S/c16-11-3-1-2-4-13(11)22-8-10-7-12(18-23-10)15(21)17-5-6-24-9-14(19)20/h1-4,7H,5-6,8-9H2,(H,17,21)(H,19,20). The van der Waals surface area contributed by atoms with Crippen LogP contribution in [0.15, 0.2) is 34.9 Å². The Kier molecular flexibility index (Phi) is 6.62. The molecule has 1 aromatic carbocycles. The van der Waals surface area contributed by atoms with Crippen LogP contribution in [0.3, 0.4) is 0 Å². The van der Waals surface area contributed by atoms with Crippen molar-refractivity contribution in [2.24, 2.45) is 0 Å². The molecular weight excluding hydrogens is 339 g/mol. The highest BCUT2D eigenvalue weighted by molar-refractivity contribution is 7.99. The monoisotopic (exact) mass is 354 g/mol. The summed E-state index contributed by atoms with van der Waals surface area (Å²) in [6.45, 7) is 0.250. The summed E-state index contributed by atoms with van der Waals surface area (Å²) in [6.07, 6.45) is 0. The smallest absolute Gasteiger partial charge is 0.313 e. The molecule has 0 bridgehead atoms. The summed E-state index contributed by atoms with van der Waals surface area (Å²) in [5, 5.41) is 14.7. The molecule has 24 heavy (non-hydrogen) atoms. The number of carbonyl (C=O) groups excluding carboxylic acids is 1. The molecule has 0 unspecified atom stereocenters. The Labute approximate surface area is 141 Å². The Balaban J connectivity index is 1.76. The fraction of sp³-hybridized carbons (Fsp3) is 0.267. The van der Waals surface area contributed by atoms with Crippen molar-refractivity contribution in [2.75, 3.05) is 18.1 Å². The van der Waals surface area contributed by atoms with Crippen molar-refractivity contribution in [1.82, 2.24) is 10.5 Å². The van der Waals surface area contributed by atoms with Crippen LogP contribution in [-0.4, -0.2) is 40.2 Å². The first-order valence-corrected chi connectivity index (χ1v) is 8.12. The summed E-state index contributed by atoms with van der Waals surface area (Å²) >= 11 is 1.20.